The molecule has 24 heavy (non-hydrogen) atoms. The maximum absolute atomic E-state index is 11.8. The van der Waals surface area contributed by atoms with Crippen molar-refractivity contribution >= 4 is 6.03 Å². The molecule has 2 amide bonds. The molecule has 0 saturated heterocycles. The van der Waals surface area contributed by atoms with Crippen molar-refractivity contribution in [2.24, 2.45) is 0 Å². The van der Waals surface area contributed by atoms with Gasteiger partial charge in [0.2, 0.25) is 0 Å². The molecule has 1 aromatic heterocycles. The summed E-state index contributed by atoms with van der Waals surface area (Å²) in [6.07, 6.45) is 5.30. The predicted molar refractivity (Wildman–Crippen MR) is 90.2 cm³/mol. The summed E-state index contributed by atoms with van der Waals surface area (Å²) in [5, 5.41) is 2.78. The molecule has 0 saturated carbocycles. The van der Waals surface area contributed by atoms with Gasteiger partial charge in [0, 0.05) is 18.9 Å². The number of amides is 2. The first-order valence-electron chi connectivity index (χ1n) is 7.59. The molecule has 0 unspecified atom stereocenters. The largest absolute Gasteiger partial charge is 0.338 e. The van der Waals surface area contributed by atoms with Crippen LogP contribution in [0.4, 0.5) is 4.79 Å². The number of nitrogens with one attached hydrogen (secondary N) is 2. The van der Waals surface area contributed by atoms with Crippen molar-refractivity contribution in [3.63, 3.8) is 0 Å². The van der Waals surface area contributed by atoms with E-state index < -0.39 is 0 Å². The second-order valence-electron chi connectivity index (χ2n) is 5.16. The summed E-state index contributed by atoms with van der Waals surface area (Å²) in [6.45, 7) is 0.703. The topological polar surface area (TPSA) is 68.2 Å². The van der Waals surface area contributed by atoms with Crippen LogP contribution in [-0.4, -0.2) is 15.6 Å². The maximum atomic E-state index is 11.8. The highest BCUT2D eigenvalue weighted by atomic mass is 16.7. The molecule has 0 radical (unpaired) electrons. The average molecular weight is 322 g/mol. The van der Waals surface area contributed by atoms with Gasteiger partial charge >= 0.3 is 6.03 Å². The van der Waals surface area contributed by atoms with Crippen LogP contribution in [0.1, 0.15) is 11.1 Å². The van der Waals surface area contributed by atoms with Gasteiger partial charge in [0.05, 0.1) is 18.6 Å². The van der Waals surface area contributed by atoms with Crippen LogP contribution >= 0.6 is 0 Å². The van der Waals surface area contributed by atoms with Crippen molar-refractivity contribution in [3.8, 4) is 5.69 Å². The molecule has 0 atom stereocenters. The van der Waals surface area contributed by atoms with Gasteiger partial charge in [-0.05, 0) is 17.2 Å². The van der Waals surface area contributed by atoms with Gasteiger partial charge in [-0.2, -0.15) is 0 Å². The minimum atomic E-state index is -0.383. The van der Waals surface area contributed by atoms with Crippen LogP contribution in [0.5, 0.6) is 0 Å². The molecule has 3 rings (SSSR count). The number of nitrogens with zero attached hydrogens (tertiary/aromatic N) is 2. The summed E-state index contributed by atoms with van der Waals surface area (Å²) >= 11 is 0. The lowest BCUT2D eigenvalue weighted by atomic mass is 10.2. The number of para-hydroxylation sites is 1. The predicted octanol–water partition coefficient (Wildman–Crippen LogP) is 2.80. The SMILES string of the molecule is O=C(NCc1ccccc1-n1ccnc1)NOCc1ccccc1. The summed E-state index contributed by atoms with van der Waals surface area (Å²) < 4.78 is 1.90. The van der Waals surface area contributed by atoms with Crippen LogP contribution in [0.25, 0.3) is 5.69 Å². The highest BCUT2D eigenvalue weighted by molar-refractivity contribution is 5.72. The van der Waals surface area contributed by atoms with E-state index in [2.05, 4.69) is 15.8 Å². The summed E-state index contributed by atoms with van der Waals surface area (Å²) in [5.41, 5.74) is 5.33. The lowest BCUT2D eigenvalue weighted by molar-refractivity contribution is 0.0490. The molecule has 0 bridgehead atoms. The number of benzene rings is 2. The van der Waals surface area contributed by atoms with Crippen molar-refractivity contribution in [1.82, 2.24) is 20.3 Å². The number of imidazole rings is 1. The smallest absolute Gasteiger partial charge is 0.332 e. The number of carbonyl (C=O) groups excluding carboxylic acids is 1. The minimum absolute atomic E-state index is 0.319. The van der Waals surface area contributed by atoms with E-state index >= 15 is 0 Å². The lowest BCUT2D eigenvalue weighted by Gasteiger charge is -2.12. The Hall–Kier alpha value is -3.12. The van der Waals surface area contributed by atoms with Crippen LogP contribution < -0.4 is 10.8 Å². The van der Waals surface area contributed by atoms with Crippen molar-refractivity contribution in [2.75, 3.05) is 0 Å². The molecule has 0 aliphatic carbocycles. The highest BCUT2D eigenvalue weighted by Crippen LogP contribution is 2.13. The summed E-state index contributed by atoms with van der Waals surface area (Å²) in [7, 11) is 0. The lowest BCUT2D eigenvalue weighted by Crippen LogP contribution is -2.35. The van der Waals surface area contributed by atoms with Crippen molar-refractivity contribution < 1.29 is 9.63 Å². The fraction of sp³-hybridized carbons (Fsp3) is 0.111. The molecule has 122 valence electrons. The Morgan fingerprint density at radius 1 is 1.08 bits per heavy atom. The van der Waals surface area contributed by atoms with Gasteiger partial charge < -0.3 is 9.88 Å². The Bertz CT molecular complexity index is 773. The molecule has 0 spiro atoms. The van der Waals surface area contributed by atoms with E-state index in [-0.39, 0.29) is 6.03 Å². The van der Waals surface area contributed by atoms with Gasteiger partial charge in [-0.25, -0.2) is 15.3 Å². The molecule has 0 fully saturated rings. The van der Waals surface area contributed by atoms with Crippen LogP contribution in [0.3, 0.4) is 0 Å². The first-order valence-corrected chi connectivity index (χ1v) is 7.59. The minimum Gasteiger partial charge on any atom is -0.332 e. The molecule has 6 heteroatoms. The Labute approximate surface area is 140 Å². The summed E-state index contributed by atoms with van der Waals surface area (Å²) in [6, 6.07) is 17.1. The number of hydroxylamine groups is 1. The number of hydrogen-bond donors (Lipinski definition) is 2. The molecule has 0 aliphatic rings. The zero-order valence-corrected chi connectivity index (χ0v) is 13.1. The number of rotatable bonds is 6. The first kappa shape index (κ1) is 15.8. The van der Waals surface area contributed by atoms with E-state index in [1.54, 1.807) is 12.5 Å². The van der Waals surface area contributed by atoms with E-state index in [0.717, 1.165) is 16.8 Å². The zero-order valence-electron chi connectivity index (χ0n) is 13.1. The first-order chi connectivity index (χ1) is 11.8. The van der Waals surface area contributed by atoms with Crippen LogP contribution in [-0.2, 0) is 18.0 Å². The standard InChI is InChI=1S/C18H18N4O2/c23-18(21-24-13-15-6-2-1-3-7-15)20-12-16-8-4-5-9-17(16)22-11-10-19-14-22/h1-11,14H,12-13H2,(H2,20,21,23). The average Bonchev–Trinajstić information content (AvgIpc) is 3.16. The van der Waals surface area contributed by atoms with Crippen LogP contribution in [0, 0.1) is 0 Å². The van der Waals surface area contributed by atoms with Gasteiger partial charge in [-0.3, -0.25) is 4.84 Å². The van der Waals surface area contributed by atoms with Crippen LogP contribution in [0.15, 0.2) is 73.3 Å². The normalized spacial score (nSPS) is 10.3. The van der Waals surface area contributed by atoms with E-state index in [1.165, 1.54) is 0 Å². The molecular weight excluding hydrogens is 304 g/mol. The second kappa shape index (κ2) is 7.94. The third-order valence-corrected chi connectivity index (χ3v) is 3.46. The number of carbonyl (C=O) groups is 1. The molecule has 6 nitrogen and oxygen atoms in total. The van der Waals surface area contributed by atoms with Gasteiger partial charge in [0.1, 0.15) is 0 Å². The third kappa shape index (κ3) is 4.21. The van der Waals surface area contributed by atoms with Gasteiger partial charge in [-0.1, -0.05) is 48.5 Å². The summed E-state index contributed by atoms with van der Waals surface area (Å²) in [5.74, 6) is 0. The van der Waals surface area contributed by atoms with E-state index in [1.807, 2.05) is 65.4 Å². The molecule has 2 N–H and O–H groups in total. The van der Waals surface area contributed by atoms with Crippen molar-refractivity contribution in [1.29, 1.82) is 0 Å². The summed E-state index contributed by atoms with van der Waals surface area (Å²) in [4.78, 5) is 21.1. The Kier molecular flexibility index (Phi) is 5.21. The number of urea groups is 1. The Balaban J connectivity index is 1.50. The van der Waals surface area contributed by atoms with E-state index in [9.17, 15) is 4.79 Å². The zero-order chi connectivity index (χ0) is 16.6. The molecule has 0 aliphatic heterocycles. The van der Waals surface area contributed by atoms with Gasteiger partial charge in [-0.15, -0.1) is 0 Å². The molecule has 3 aromatic rings. The molecule has 1 heterocycles. The number of aromatic nitrogens is 2. The van der Waals surface area contributed by atoms with Crippen molar-refractivity contribution in [2.45, 2.75) is 13.2 Å². The number of hydrogen-bond acceptors (Lipinski definition) is 3. The monoisotopic (exact) mass is 322 g/mol. The van der Waals surface area contributed by atoms with Gasteiger partial charge in [0.15, 0.2) is 0 Å². The second-order valence-corrected chi connectivity index (χ2v) is 5.16. The highest BCUT2D eigenvalue weighted by Gasteiger charge is 2.06. The van der Waals surface area contributed by atoms with E-state index in [0.29, 0.717) is 13.2 Å². The fourth-order valence-corrected chi connectivity index (χ4v) is 2.28. The third-order valence-electron chi connectivity index (χ3n) is 3.46. The maximum Gasteiger partial charge on any atom is 0.338 e. The Morgan fingerprint density at radius 2 is 1.88 bits per heavy atom. The molecule has 2 aromatic carbocycles. The fourth-order valence-electron chi connectivity index (χ4n) is 2.28. The Morgan fingerprint density at radius 3 is 2.67 bits per heavy atom. The quantitative estimate of drug-likeness (QED) is 0.686. The van der Waals surface area contributed by atoms with Crippen molar-refractivity contribution in [3.05, 3.63) is 84.4 Å². The van der Waals surface area contributed by atoms with Crippen LogP contribution in [0.2, 0.25) is 0 Å². The van der Waals surface area contributed by atoms with Gasteiger partial charge in [0.25, 0.3) is 0 Å². The van der Waals surface area contributed by atoms with E-state index in [4.69, 9.17) is 4.84 Å². The molecular formula is C18H18N4O2.